The van der Waals surface area contributed by atoms with Crippen LogP contribution in [-0.4, -0.2) is 7.05 Å². The molecule has 1 aromatic carbocycles. The first-order valence-electron chi connectivity index (χ1n) is 5.64. The van der Waals surface area contributed by atoms with Crippen molar-refractivity contribution in [3.63, 3.8) is 0 Å². The summed E-state index contributed by atoms with van der Waals surface area (Å²) in [7, 11) is 1.89. The fourth-order valence-corrected chi connectivity index (χ4v) is 2.57. The molecular weight excluding hydrogens is 244 g/mol. The molecule has 0 atom stereocenters. The first-order valence-corrected chi connectivity index (χ1v) is 6.46. The van der Waals surface area contributed by atoms with E-state index in [1.54, 1.807) is 18.0 Å². The smallest absolute Gasteiger partial charge is 0.114 e. The summed E-state index contributed by atoms with van der Waals surface area (Å²) in [5.41, 5.74) is 1.82. The number of aryl methyl sites for hydroxylation is 1. The summed E-state index contributed by atoms with van der Waals surface area (Å²) in [6, 6.07) is 10.1. The van der Waals surface area contributed by atoms with Crippen molar-refractivity contribution in [3.8, 4) is 6.07 Å². The molecule has 1 aromatic heterocycles. The quantitative estimate of drug-likeness (QED) is 0.913. The Labute approximate surface area is 111 Å². The Bertz CT molecular complexity index is 584. The van der Waals surface area contributed by atoms with Gasteiger partial charge < -0.3 is 9.73 Å². The van der Waals surface area contributed by atoms with E-state index >= 15 is 0 Å². The maximum Gasteiger partial charge on any atom is 0.114 e. The molecular formula is C14H14N2OS. The zero-order chi connectivity index (χ0) is 13.0. The molecule has 2 aromatic rings. The maximum atomic E-state index is 9.20. The number of rotatable bonds is 4. The van der Waals surface area contributed by atoms with Gasteiger partial charge in [-0.05, 0) is 37.7 Å². The molecule has 0 radical (unpaired) electrons. The van der Waals surface area contributed by atoms with Gasteiger partial charge in [0.2, 0.25) is 0 Å². The first kappa shape index (κ1) is 12.7. The van der Waals surface area contributed by atoms with Crippen LogP contribution in [0.2, 0.25) is 0 Å². The second kappa shape index (κ2) is 5.76. The van der Waals surface area contributed by atoms with Crippen LogP contribution in [0.3, 0.4) is 0 Å². The Morgan fingerprint density at radius 3 is 2.78 bits per heavy atom. The van der Waals surface area contributed by atoms with Crippen LogP contribution in [0.25, 0.3) is 0 Å². The monoisotopic (exact) mass is 258 g/mol. The van der Waals surface area contributed by atoms with E-state index in [0.717, 1.165) is 27.7 Å². The summed E-state index contributed by atoms with van der Waals surface area (Å²) >= 11 is 1.56. The van der Waals surface area contributed by atoms with Gasteiger partial charge in [0.1, 0.15) is 11.8 Å². The molecule has 0 spiro atoms. The largest absolute Gasteiger partial charge is 0.468 e. The minimum atomic E-state index is 0.702. The standard InChI is InChI=1S/C14H14N2OS/c1-10-13(5-6-17-10)18-14-4-3-11(9-16-2)7-12(14)8-15/h3-7,16H,9H2,1-2H3. The Balaban J connectivity index is 2.28. The van der Waals surface area contributed by atoms with Crippen molar-refractivity contribution >= 4 is 11.8 Å². The average Bonchev–Trinajstić information content (AvgIpc) is 2.77. The maximum absolute atomic E-state index is 9.20. The molecule has 1 heterocycles. The number of nitrogens with one attached hydrogen (secondary N) is 1. The first-order chi connectivity index (χ1) is 8.74. The lowest BCUT2D eigenvalue weighted by atomic mass is 10.1. The highest BCUT2D eigenvalue weighted by Crippen LogP contribution is 2.33. The Kier molecular flexibility index (Phi) is 4.08. The van der Waals surface area contributed by atoms with Crippen molar-refractivity contribution in [1.29, 1.82) is 5.26 Å². The molecule has 18 heavy (non-hydrogen) atoms. The van der Waals surface area contributed by atoms with Crippen LogP contribution in [-0.2, 0) is 6.54 Å². The van der Waals surface area contributed by atoms with Crippen LogP contribution in [0, 0.1) is 18.3 Å². The second-order valence-electron chi connectivity index (χ2n) is 3.92. The normalized spacial score (nSPS) is 10.3. The number of hydrogen-bond donors (Lipinski definition) is 1. The predicted molar refractivity (Wildman–Crippen MR) is 71.5 cm³/mol. The van der Waals surface area contributed by atoms with E-state index in [4.69, 9.17) is 4.42 Å². The lowest BCUT2D eigenvalue weighted by Gasteiger charge is -2.06. The van der Waals surface area contributed by atoms with Crippen LogP contribution in [0.15, 0.2) is 44.7 Å². The van der Waals surface area contributed by atoms with E-state index < -0.39 is 0 Å². The molecule has 0 saturated heterocycles. The fourth-order valence-electron chi connectivity index (χ4n) is 1.67. The highest BCUT2D eigenvalue weighted by atomic mass is 32.2. The van der Waals surface area contributed by atoms with Gasteiger partial charge in [-0.3, -0.25) is 0 Å². The summed E-state index contributed by atoms with van der Waals surface area (Å²) in [6.45, 7) is 2.69. The minimum Gasteiger partial charge on any atom is -0.468 e. The molecule has 0 aliphatic heterocycles. The van der Waals surface area contributed by atoms with Crippen LogP contribution >= 0.6 is 11.8 Å². The van der Waals surface area contributed by atoms with E-state index in [-0.39, 0.29) is 0 Å². The van der Waals surface area contributed by atoms with Gasteiger partial charge in [-0.2, -0.15) is 5.26 Å². The van der Waals surface area contributed by atoms with Crippen molar-refractivity contribution in [2.24, 2.45) is 0 Å². The van der Waals surface area contributed by atoms with Gasteiger partial charge in [0, 0.05) is 11.4 Å². The van der Waals surface area contributed by atoms with E-state index in [0.29, 0.717) is 5.56 Å². The van der Waals surface area contributed by atoms with Gasteiger partial charge in [0.15, 0.2) is 0 Å². The van der Waals surface area contributed by atoms with Crippen LogP contribution in [0.4, 0.5) is 0 Å². The van der Waals surface area contributed by atoms with Crippen LogP contribution in [0.1, 0.15) is 16.9 Å². The van der Waals surface area contributed by atoms with Crippen molar-refractivity contribution < 1.29 is 4.42 Å². The van der Waals surface area contributed by atoms with Gasteiger partial charge >= 0.3 is 0 Å². The zero-order valence-corrected chi connectivity index (χ0v) is 11.2. The Morgan fingerprint density at radius 1 is 1.33 bits per heavy atom. The number of furan rings is 1. The topological polar surface area (TPSA) is 49.0 Å². The van der Waals surface area contributed by atoms with Crippen molar-refractivity contribution in [2.75, 3.05) is 7.05 Å². The molecule has 0 saturated carbocycles. The third-order valence-corrected chi connectivity index (χ3v) is 3.80. The lowest BCUT2D eigenvalue weighted by molar-refractivity contribution is 0.527. The molecule has 0 aliphatic rings. The molecule has 0 aliphatic carbocycles. The molecule has 1 N–H and O–H groups in total. The highest BCUT2D eigenvalue weighted by molar-refractivity contribution is 7.99. The SMILES string of the molecule is CNCc1ccc(Sc2ccoc2C)c(C#N)c1. The number of nitrogens with zero attached hydrogens (tertiary/aromatic N) is 1. The molecule has 2 rings (SSSR count). The van der Waals surface area contributed by atoms with Gasteiger partial charge in [-0.25, -0.2) is 0 Å². The zero-order valence-electron chi connectivity index (χ0n) is 10.4. The number of nitriles is 1. The van der Waals surface area contributed by atoms with Crippen LogP contribution < -0.4 is 5.32 Å². The molecule has 0 fully saturated rings. The van der Waals surface area contributed by atoms with Crippen molar-refractivity contribution in [3.05, 3.63) is 47.4 Å². The summed E-state index contributed by atoms with van der Waals surface area (Å²) in [5.74, 6) is 0.878. The molecule has 0 amide bonds. The van der Waals surface area contributed by atoms with Gasteiger partial charge in [-0.15, -0.1) is 0 Å². The molecule has 0 unspecified atom stereocenters. The Morgan fingerprint density at radius 2 is 2.17 bits per heavy atom. The van der Waals surface area contributed by atoms with Gasteiger partial charge in [0.05, 0.1) is 16.7 Å². The average molecular weight is 258 g/mol. The predicted octanol–water partition coefficient (Wildman–Crippen LogP) is 3.33. The fraction of sp³-hybridized carbons (Fsp3) is 0.214. The van der Waals surface area contributed by atoms with E-state index in [1.807, 2.05) is 38.2 Å². The van der Waals surface area contributed by atoms with E-state index in [1.165, 1.54) is 0 Å². The second-order valence-corrected chi connectivity index (χ2v) is 5.00. The van der Waals surface area contributed by atoms with Crippen molar-refractivity contribution in [2.45, 2.75) is 23.3 Å². The molecule has 4 heteroatoms. The summed E-state index contributed by atoms with van der Waals surface area (Å²) < 4.78 is 5.26. The summed E-state index contributed by atoms with van der Waals surface area (Å²) in [5, 5.41) is 12.3. The molecule has 0 bridgehead atoms. The Hall–Kier alpha value is -1.70. The van der Waals surface area contributed by atoms with Gasteiger partial charge in [-0.1, -0.05) is 17.8 Å². The lowest BCUT2D eigenvalue weighted by Crippen LogP contribution is -2.05. The van der Waals surface area contributed by atoms with E-state index in [2.05, 4.69) is 11.4 Å². The molecule has 92 valence electrons. The highest BCUT2D eigenvalue weighted by Gasteiger charge is 2.08. The molecule has 3 nitrogen and oxygen atoms in total. The van der Waals surface area contributed by atoms with Crippen molar-refractivity contribution in [1.82, 2.24) is 5.32 Å². The number of hydrogen-bond acceptors (Lipinski definition) is 4. The van der Waals surface area contributed by atoms with E-state index in [9.17, 15) is 5.26 Å². The summed E-state index contributed by atoms with van der Waals surface area (Å²) in [6.07, 6.45) is 1.67. The van der Waals surface area contributed by atoms with Gasteiger partial charge in [0.25, 0.3) is 0 Å². The number of benzene rings is 1. The summed E-state index contributed by atoms with van der Waals surface area (Å²) in [4.78, 5) is 2.01. The third-order valence-electron chi connectivity index (χ3n) is 2.58. The minimum absolute atomic E-state index is 0.702. The van der Waals surface area contributed by atoms with Crippen LogP contribution in [0.5, 0.6) is 0 Å². The third kappa shape index (κ3) is 2.76.